The Labute approximate surface area is 113 Å². The average Bonchev–Trinajstić information content (AvgIpc) is 2.93. The molecule has 1 heterocycles. The van der Waals surface area contributed by atoms with Gasteiger partial charge in [-0.2, -0.15) is 0 Å². The molecule has 2 aliphatic carbocycles. The summed E-state index contributed by atoms with van der Waals surface area (Å²) in [5.74, 6) is 2.02. The van der Waals surface area contributed by atoms with Crippen molar-refractivity contribution in [2.24, 2.45) is 11.8 Å². The fourth-order valence-electron chi connectivity index (χ4n) is 4.50. The molecule has 3 rings (SSSR count). The zero-order valence-electron chi connectivity index (χ0n) is 11.9. The first-order valence-corrected chi connectivity index (χ1v) is 8.38. The Morgan fingerprint density at radius 1 is 0.889 bits per heavy atom. The predicted molar refractivity (Wildman–Crippen MR) is 76.8 cm³/mol. The van der Waals surface area contributed by atoms with Crippen molar-refractivity contribution in [3.05, 3.63) is 0 Å². The van der Waals surface area contributed by atoms with E-state index in [1.54, 1.807) is 0 Å². The average molecular weight is 250 g/mol. The maximum atomic E-state index is 3.65. The lowest BCUT2D eigenvalue weighted by Crippen LogP contribution is -2.55. The van der Waals surface area contributed by atoms with E-state index in [2.05, 4.69) is 10.2 Å². The normalized spacial score (nSPS) is 33.0. The standard InChI is InChI=1S/C16H30N2/c1-2-8-15(9-3-1)16-12-17-10-11-18(16)13-14-6-4-5-7-14/h14-17H,1-13H2. The van der Waals surface area contributed by atoms with E-state index in [4.69, 9.17) is 0 Å². The van der Waals surface area contributed by atoms with Gasteiger partial charge in [-0.3, -0.25) is 4.90 Å². The molecule has 3 aliphatic rings. The fourth-order valence-corrected chi connectivity index (χ4v) is 4.50. The Morgan fingerprint density at radius 3 is 2.39 bits per heavy atom. The van der Waals surface area contributed by atoms with Crippen LogP contribution in [-0.4, -0.2) is 37.1 Å². The topological polar surface area (TPSA) is 15.3 Å². The first-order valence-electron chi connectivity index (χ1n) is 8.38. The minimum absolute atomic E-state index is 0.861. The molecule has 1 N–H and O–H groups in total. The summed E-state index contributed by atoms with van der Waals surface area (Å²) in [6.45, 7) is 5.19. The van der Waals surface area contributed by atoms with Crippen molar-refractivity contribution in [2.75, 3.05) is 26.2 Å². The highest BCUT2D eigenvalue weighted by Crippen LogP contribution is 2.32. The minimum atomic E-state index is 0.861. The Hall–Kier alpha value is -0.0800. The molecule has 0 radical (unpaired) electrons. The summed E-state index contributed by atoms with van der Waals surface area (Å²) in [6, 6.07) is 0.861. The van der Waals surface area contributed by atoms with Crippen LogP contribution < -0.4 is 5.32 Å². The van der Waals surface area contributed by atoms with Gasteiger partial charge >= 0.3 is 0 Å². The number of piperazine rings is 1. The van der Waals surface area contributed by atoms with Crippen LogP contribution in [0.15, 0.2) is 0 Å². The molecule has 1 aliphatic heterocycles. The van der Waals surface area contributed by atoms with E-state index in [0.29, 0.717) is 0 Å². The smallest absolute Gasteiger partial charge is 0.0249 e. The number of nitrogens with zero attached hydrogens (tertiary/aromatic N) is 1. The van der Waals surface area contributed by atoms with Crippen LogP contribution in [0, 0.1) is 11.8 Å². The van der Waals surface area contributed by atoms with Crippen LogP contribution in [0.3, 0.4) is 0 Å². The van der Waals surface area contributed by atoms with Gasteiger partial charge in [0.25, 0.3) is 0 Å². The molecule has 1 saturated heterocycles. The largest absolute Gasteiger partial charge is 0.314 e. The summed E-state index contributed by atoms with van der Waals surface area (Å²) in [6.07, 6.45) is 13.4. The van der Waals surface area contributed by atoms with Crippen LogP contribution in [-0.2, 0) is 0 Å². The van der Waals surface area contributed by atoms with Crippen LogP contribution in [0.4, 0.5) is 0 Å². The molecule has 2 nitrogen and oxygen atoms in total. The molecule has 0 aromatic heterocycles. The van der Waals surface area contributed by atoms with Gasteiger partial charge in [0.05, 0.1) is 0 Å². The Morgan fingerprint density at radius 2 is 1.61 bits per heavy atom. The molecule has 0 bridgehead atoms. The summed E-state index contributed by atoms with van der Waals surface area (Å²) in [7, 11) is 0. The van der Waals surface area contributed by atoms with Crippen molar-refractivity contribution in [3.63, 3.8) is 0 Å². The number of hydrogen-bond acceptors (Lipinski definition) is 2. The summed E-state index contributed by atoms with van der Waals surface area (Å²) in [5, 5.41) is 3.65. The van der Waals surface area contributed by atoms with Crippen molar-refractivity contribution in [1.29, 1.82) is 0 Å². The Kier molecular flexibility index (Phi) is 4.58. The maximum absolute atomic E-state index is 3.65. The van der Waals surface area contributed by atoms with Gasteiger partial charge in [-0.1, -0.05) is 32.1 Å². The molecular formula is C16H30N2. The summed E-state index contributed by atoms with van der Waals surface area (Å²) >= 11 is 0. The molecule has 1 unspecified atom stereocenters. The fraction of sp³-hybridized carbons (Fsp3) is 1.00. The summed E-state index contributed by atoms with van der Waals surface area (Å²) in [4.78, 5) is 2.86. The van der Waals surface area contributed by atoms with Gasteiger partial charge in [-0.05, 0) is 37.5 Å². The SMILES string of the molecule is C1CCC(C2CNCCN2CC2CCCC2)CC1. The summed E-state index contributed by atoms with van der Waals surface area (Å²) in [5.41, 5.74) is 0. The lowest BCUT2D eigenvalue weighted by atomic mass is 9.82. The van der Waals surface area contributed by atoms with E-state index >= 15 is 0 Å². The minimum Gasteiger partial charge on any atom is -0.314 e. The third-order valence-electron chi connectivity index (χ3n) is 5.56. The van der Waals surface area contributed by atoms with Gasteiger partial charge in [0.15, 0.2) is 0 Å². The molecule has 0 aromatic carbocycles. The number of nitrogens with one attached hydrogen (secondary N) is 1. The van der Waals surface area contributed by atoms with Gasteiger partial charge in [0.1, 0.15) is 0 Å². The maximum Gasteiger partial charge on any atom is 0.0249 e. The van der Waals surface area contributed by atoms with Crippen molar-refractivity contribution in [1.82, 2.24) is 10.2 Å². The third-order valence-corrected chi connectivity index (χ3v) is 5.56. The number of rotatable bonds is 3. The second kappa shape index (κ2) is 6.38. The van der Waals surface area contributed by atoms with Crippen molar-refractivity contribution < 1.29 is 0 Å². The van der Waals surface area contributed by atoms with Crippen LogP contribution in [0.5, 0.6) is 0 Å². The van der Waals surface area contributed by atoms with E-state index in [-0.39, 0.29) is 0 Å². The van der Waals surface area contributed by atoms with Crippen molar-refractivity contribution in [2.45, 2.75) is 63.8 Å². The van der Waals surface area contributed by atoms with Crippen LogP contribution in [0.25, 0.3) is 0 Å². The zero-order chi connectivity index (χ0) is 12.2. The van der Waals surface area contributed by atoms with Gasteiger partial charge in [0, 0.05) is 32.2 Å². The highest BCUT2D eigenvalue weighted by Gasteiger charge is 2.32. The zero-order valence-corrected chi connectivity index (χ0v) is 11.9. The van der Waals surface area contributed by atoms with Crippen LogP contribution in [0.2, 0.25) is 0 Å². The van der Waals surface area contributed by atoms with Gasteiger partial charge < -0.3 is 5.32 Å². The van der Waals surface area contributed by atoms with Gasteiger partial charge in [0.2, 0.25) is 0 Å². The first kappa shape index (κ1) is 12.9. The first-order chi connectivity index (χ1) is 8.93. The Balaban J connectivity index is 1.57. The number of hydrogen-bond donors (Lipinski definition) is 1. The highest BCUT2D eigenvalue weighted by atomic mass is 15.2. The molecular weight excluding hydrogens is 220 g/mol. The Bertz CT molecular complexity index is 241. The van der Waals surface area contributed by atoms with Gasteiger partial charge in [-0.15, -0.1) is 0 Å². The van der Waals surface area contributed by atoms with Crippen molar-refractivity contribution in [3.8, 4) is 0 Å². The van der Waals surface area contributed by atoms with Crippen LogP contribution in [0.1, 0.15) is 57.8 Å². The second-order valence-electron chi connectivity index (χ2n) is 6.81. The van der Waals surface area contributed by atoms with E-state index in [0.717, 1.165) is 17.9 Å². The monoisotopic (exact) mass is 250 g/mol. The van der Waals surface area contributed by atoms with Gasteiger partial charge in [-0.25, -0.2) is 0 Å². The quantitative estimate of drug-likeness (QED) is 0.828. The van der Waals surface area contributed by atoms with Crippen LogP contribution >= 0.6 is 0 Å². The molecule has 18 heavy (non-hydrogen) atoms. The molecule has 2 saturated carbocycles. The van der Waals surface area contributed by atoms with E-state index in [1.807, 2.05) is 0 Å². The summed E-state index contributed by atoms with van der Waals surface area (Å²) < 4.78 is 0. The molecule has 104 valence electrons. The molecule has 0 spiro atoms. The van der Waals surface area contributed by atoms with Crippen molar-refractivity contribution >= 4 is 0 Å². The molecule has 3 fully saturated rings. The van der Waals surface area contributed by atoms with E-state index in [1.165, 1.54) is 84.0 Å². The van der Waals surface area contributed by atoms with E-state index in [9.17, 15) is 0 Å². The highest BCUT2D eigenvalue weighted by molar-refractivity contribution is 4.88. The molecule has 0 aromatic rings. The molecule has 1 atom stereocenters. The van der Waals surface area contributed by atoms with E-state index < -0.39 is 0 Å². The predicted octanol–water partition coefficient (Wildman–Crippen LogP) is 3.03. The third kappa shape index (κ3) is 3.08. The lowest BCUT2D eigenvalue weighted by molar-refractivity contribution is 0.0781. The second-order valence-corrected chi connectivity index (χ2v) is 6.81. The lowest BCUT2D eigenvalue weighted by Gasteiger charge is -2.43. The molecule has 0 amide bonds. The molecule has 2 heteroatoms.